The summed E-state index contributed by atoms with van der Waals surface area (Å²) in [7, 11) is 0. The van der Waals surface area contributed by atoms with Crippen LogP contribution in [0.3, 0.4) is 0 Å². The van der Waals surface area contributed by atoms with E-state index in [-0.39, 0.29) is 11.0 Å². The van der Waals surface area contributed by atoms with Crippen LogP contribution in [0.2, 0.25) is 0 Å². The molecular formula is C16H14N6O2S. The van der Waals surface area contributed by atoms with Crippen molar-refractivity contribution in [1.82, 2.24) is 29.9 Å². The molecule has 9 heteroatoms. The lowest BCUT2D eigenvalue weighted by Crippen LogP contribution is -2.13. The van der Waals surface area contributed by atoms with E-state index in [1.54, 1.807) is 17.2 Å². The fourth-order valence-electron chi connectivity index (χ4n) is 2.50. The van der Waals surface area contributed by atoms with Crippen LogP contribution in [0.15, 0.2) is 52.8 Å². The monoisotopic (exact) mass is 354 g/mol. The number of H-pyrrole nitrogens is 1. The number of aromatic nitrogens is 6. The predicted molar refractivity (Wildman–Crippen MR) is 91.4 cm³/mol. The molecule has 3 heterocycles. The second kappa shape index (κ2) is 6.52. The molecule has 0 aliphatic heterocycles. The van der Waals surface area contributed by atoms with Gasteiger partial charge in [0.2, 0.25) is 5.89 Å². The number of carbonyl (C=O) groups excluding carboxylic acids is 1. The second-order valence-electron chi connectivity index (χ2n) is 5.43. The van der Waals surface area contributed by atoms with Crippen LogP contribution < -0.4 is 0 Å². The van der Waals surface area contributed by atoms with E-state index < -0.39 is 0 Å². The highest BCUT2D eigenvalue weighted by Gasteiger charge is 2.22. The molecule has 0 aliphatic rings. The fourth-order valence-corrected chi connectivity index (χ4v) is 3.27. The maximum absolute atomic E-state index is 12.7. The van der Waals surface area contributed by atoms with E-state index in [1.807, 2.05) is 31.2 Å². The minimum absolute atomic E-state index is 0.0125. The Balaban J connectivity index is 1.47. The summed E-state index contributed by atoms with van der Waals surface area (Å²) in [5, 5.41) is 12.9. The van der Waals surface area contributed by atoms with Gasteiger partial charge in [0.25, 0.3) is 5.22 Å². The van der Waals surface area contributed by atoms with Crippen LogP contribution in [-0.2, 0) is 6.54 Å². The molecule has 25 heavy (non-hydrogen) atoms. The Morgan fingerprint density at radius 1 is 1.36 bits per heavy atom. The van der Waals surface area contributed by atoms with Gasteiger partial charge in [-0.25, -0.2) is 9.67 Å². The number of thioether (sulfide) groups is 1. The topological polar surface area (TPSA) is 102 Å². The van der Waals surface area contributed by atoms with Crippen molar-refractivity contribution in [3.63, 3.8) is 0 Å². The van der Waals surface area contributed by atoms with Crippen molar-refractivity contribution >= 4 is 28.4 Å². The highest BCUT2D eigenvalue weighted by Crippen LogP contribution is 2.27. The molecule has 4 rings (SSSR count). The highest BCUT2D eigenvalue weighted by atomic mass is 32.2. The number of fused-ring (bicyclic) bond motifs is 1. The Labute approximate surface area is 146 Å². The molecule has 0 bridgehead atoms. The molecule has 0 fully saturated rings. The minimum Gasteiger partial charge on any atom is -0.414 e. The maximum Gasteiger partial charge on any atom is 0.277 e. The summed E-state index contributed by atoms with van der Waals surface area (Å²) in [5.41, 5.74) is 1.61. The summed E-state index contributed by atoms with van der Waals surface area (Å²) in [6, 6.07) is 7.72. The number of benzene rings is 1. The third-order valence-electron chi connectivity index (χ3n) is 3.71. The lowest BCUT2D eigenvalue weighted by Gasteiger charge is -2.06. The van der Waals surface area contributed by atoms with E-state index in [0.717, 1.165) is 10.9 Å². The van der Waals surface area contributed by atoms with Crippen molar-refractivity contribution in [1.29, 1.82) is 0 Å². The number of nitrogens with one attached hydrogen (secondary N) is 1. The zero-order chi connectivity index (χ0) is 17.2. The average Bonchev–Trinajstić information content (AvgIpc) is 3.35. The normalized spacial score (nSPS) is 12.5. The zero-order valence-electron chi connectivity index (χ0n) is 13.3. The van der Waals surface area contributed by atoms with Crippen LogP contribution in [0.1, 0.15) is 23.2 Å². The number of aromatic amines is 1. The summed E-state index contributed by atoms with van der Waals surface area (Å²) in [6.07, 6.45) is 4.75. The molecule has 1 aromatic carbocycles. The minimum atomic E-state index is -0.348. The Bertz CT molecular complexity index is 1010. The van der Waals surface area contributed by atoms with Crippen LogP contribution in [0.5, 0.6) is 0 Å². The standard InChI is InChI=1S/C16H14N6O2S/c1-10(15(23)12-6-18-13-5-3-2-4-11(12)13)25-16-21-20-14(24-16)7-22-9-17-8-19-22/h2-6,8-10,18H,7H2,1H3. The van der Waals surface area contributed by atoms with E-state index >= 15 is 0 Å². The molecule has 126 valence electrons. The third-order valence-corrected chi connectivity index (χ3v) is 4.65. The van der Waals surface area contributed by atoms with Gasteiger partial charge in [-0.1, -0.05) is 30.0 Å². The number of rotatable bonds is 6. The first-order valence-electron chi connectivity index (χ1n) is 7.62. The number of Topliss-reactive ketones (excluding diaryl/α,β-unsaturated/α-hetero) is 1. The SMILES string of the molecule is CC(Sc1nnc(Cn2cncn2)o1)C(=O)c1c[nH]c2ccccc12. The van der Waals surface area contributed by atoms with E-state index in [9.17, 15) is 4.79 Å². The molecule has 0 amide bonds. The van der Waals surface area contributed by atoms with E-state index in [2.05, 4.69) is 25.3 Å². The first kappa shape index (κ1) is 15.6. The largest absolute Gasteiger partial charge is 0.414 e. The second-order valence-corrected chi connectivity index (χ2v) is 6.72. The molecule has 0 saturated carbocycles. The Hall–Kier alpha value is -2.94. The van der Waals surface area contributed by atoms with Gasteiger partial charge < -0.3 is 9.40 Å². The highest BCUT2D eigenvalue weighted by molar-refractivity contribution is 8.00. The van der Waals surface area contributed by atoms with Gasteiger partial charge in [0.1, 0.15) is 19.2 Å². The van der Waals surface area contributed by atoms with Gasteiger partial charge in [-0.2, -0.15) is 5.10 Å². The van der Waals surface area contributed by atoms with Crippen molar-refractivity contribution < 1.29 is 9.21 Å². The summed E-state index contributed by atoms with van der Waals surface area (Å²) in [6.45, 7) is 2.18. The molecule has 0 aliphatic carbocycles. The van der Waals surface area contributed by atoms with Crippen LogP contribution in [0.4, 0.5) is 0 Å². The van der Waals surface area contributed by atoms with Crippen molar-refractivity contribution in [3.8, 4) is 0 Å². The smallest absolute Gasteiger partial charge is 0.277 e. The third kappa shape index (κ3) is 3.18. The number of nitrogens with zero attached hydrogens (tertiary/aromatic N) is 5. The molecule has 0 spiro atoms. The number of hydrogen-bond acceptors (Lipinski definition) is 7. The molecule has 0 radical (unpaired) electrons. The maximum atomic E-state index is 12.7. The molecule has 0 saturated heterocycles. The van der Waals surface area contributed by atoms with Crippen LogP contribution >= 0.6 is 11.8 Å². The Morgan fingerprint density at radius 2 is 2.24 bits per heavy atom. The molecule has 4 aromatic rings. The van der Waals surface area contributed by atoms with Crippen LogP contribution in [0.25, 0.3) is 10.9 Å². The van der Waals surface area contributed by atoms with Gasteiger partial charge in [0.15, 0.2) is 5.78 Å². The van der Waals surface area contributed by atoms with Crippen molar-refractivity contribution in [2.45, 2.75) is 23.9 Å². The Kier molecular flexibility index (Phi) is 4.06. The molecule has 1 N–H and O–H groups in total. The summed E-state index contributed by atoms with van der Waals surface area (Å²) >= 11 is 1.24. The van der Waals surface area contributed by atoms with Gasteiger partial charge >= 0.3 is 0 Å². The van der Waals surface area contributed by atoms with E-state index in [0.29, 0.717) is 23.2 Å². The molecule has 8 nitrogen and oxygen atoms in total. The lowest BCUT2D eigenvalue weighted by molar-refractivity contribution is 0.0995. The number of ketones is 1. The lowest BCUT2D eigenvalue weighted by atomic mass is 10.1. The quantitative estimate of drug-likeness (QED) is 0.419. The first-order valence-corrected chi connectivity index (χ1v) is 8.50. The summed E-state index contributed by atoms with van der Waals surface area (Å²) in [4.78, 5) is 19.7. The first-order chi connectivity index (χ1) is 12.2. The molecule has 1 unspecified atom stereocenters. The van der Waals surface area contributed by atoms with E-state index in [4.69, 9.17) is 4.42 Å². The van der Waals surface area contributed by atoms with Gasteiger partial charge in [-0.3, -0.25) is 4.79 Å². The molecule has 1 atom stereocenters. The number of carbonyl (C=O) groups is 1. The number of para-hydroxylation sites is 1. The van der Waals surface area contributed by atoms with Crippen LogP contribution in [0, 0.1) is 0 Å². The van der Waals surface area contributed by atoms with E-state index in [1.165, 1.54) is 18.1 Å². The fraction of sp³-hybridized carbons (Fsp3) is 0.188. The number of hydrogen-bond donors (Lipinski definition) is 1. The van der Waals surface area contributed by atoms with Gasteiger partial charge in [0.05, 0.1) is 5.25 Å². The van der Waals surface area contributed by atoms with Crippen molar-refractivity contribution in [2.24, 2.45) is 0 Å². The van der Waals surface area contributed by atoms with Gasteiger partial charge in [0, 0.05) is 22.7 Å². The van der Waals surface area contributed by atoms with Gasteiger partial charge in [-0.15, -0.1) is 10.2 Å². The summed E-state index contributed by atoms with van der Waals surface area (Å²) < 4.78 is 7.16. The van der Waals surface area contributed by atoms with Gasteiger partial charge in [-0.05, 0) is 13.0 Å². The zero-order valence-corrected chi connectivity index (χ0v) is 14.1. The Morgan fingerprint density at radius 3 is 3.08 bits per heavy atom. The molecule has 3 aromatic heterocycles. The average molecular weight is 354 g/mol. The summed E-state index contributed by atoms with van der Waals surface area (Å²) in [5.74, 6) is 0.429. The van der Waals surface area contributed by atoms with Crippen LogP contribution in [-0.4, -0.2) is 41.0 Å². The predicted octanol–water partition coefficient (Wildman–Crippen LogP) is 2.55. The van der Waals surface area contributed by atoms with Crippen molar-refractivity contribution in [2.75, 3.05) is 0 Å². The molecular weight excluding hydrogens is 340 g/mol. The van der Waals surface area contributed by atoms with Crippen molar-refractivity contribution in [3.05, 3.63) is 54.6 Å².